The highest BCUT2D eigenvalue weighted by Gasteiger charge is 2.26. The maximum absolute atomic E-state index is 12.4. The molecule has 43 heavy (non-hydrogen) atoms. The highest BCUT2D eigenvalue weighted by Crippen LogP contribution is 2.31. The fourth-order valence-electron chi connectivity index (χ4n) is 6.16. The third-order valence-corrected chi connectivity index (χ3v) is 8.68. The molecule has 4 heterocycles. The predicted octanol–water partition coefficient (Wildman–Crippen LogP) is 5.03. The number of carbonyl (C=O) groups is 4. The third kappa shape index (κ3) is 6.48. The molecule has 2 aromatic heterocycles. The SMILES string of the molecule is CCC1=C(C)C(=O)N=C1Cc1[nH]c(Cc2[nH]c(/C=C3\NC(=O)C(C)=C3CC)c(CCC(=O)O)c2C)c(C)c1CCC(=O)O. The summed E-state index contributed by atoms with van der Waals surface area (Å²) in [6.45, 7) is 11.5. The number of amides is 2. The van der Waals surface area contributed by atoms with Gasteiger partial charge in [0.15, 0.2) is 0 Å². The molecule has 2 aromatic rings. The van der Waals surface area contributed by atoms with Crippen LogP contribution in [0.4, 0.5) is 0 Å². The van der Waals surface area contributed by atoms with E-state index < -0.39 is 11.9 Å². The Morgan fingerprint density at radius 2 is 1.35 bits per heavy atom. The lowest BCUT2D eigenvalue weighted by molar-refractivity contribution is -0.138. The zero-order valence-corrected chi connectivity index (χ0v) is 25.7. The number of allylic oxidation sites excluding steroid dienone is 2. The average molecular weight is 589 g/mol. The first-order valence-electron chi connectivity index (χ1n) is 14.7. The summed E-state index contributed by atoms with van der Waals surface area (Å²) >= 11 is 0. The van der Waals surface area contributed by atoms with Crippen molar-refractivity contribution in [3.8, 4) is 0 Å². The monoisotopic (exact) mass is 588 g/mol. The van der Waals surface area contributed by atoms with Crippen LogP contribution in [0.1, 0.15) is 98.4 Å². The van der Waals surface area contributed by atoms with E-state index >= 15 is 0 Å². The molecule has 2 aliphatic rings. The first-order chi connectivity index (χ1) is 20.4. The van der Waals surface area contributed by atoms with Gasteiger partial charge in [-0.05, 0) is 92.9 Å². The Morgan fingerprint density at radius 3 is 1.95 bits per heavy atom. The fraction of sp³-hybridized carbons (Fsp3) is 0.424. The van der Waals surface area contributed by atoms with Crippen LogP contribution in [0, 0.1) is 13.8 Å². The number of carbonyl (C=O) groups excluding carboxylic acids is 2. The maximum Gasteiger partial charge on any atom is 0.303 e. The van der Waals surface area contributed by atoms with Crippen LogP contribution in [0.25, 0.3) is 6.08 Å². The third-order valence-electron chi connectivity index (χ3n) is 8.68. The summed E-state index contributed by atoms with van der Waals surface area (Å²) in [6, 6.07) is 0. The van der Waals surface area contributed by atoms with Crippen molar-refractivity contribution in [1.82, 2.24) is 15.3 Å². The number of rotatable bonds is 13. The van der Waals surface area contributed by atoms with Gasteiger partial charge in [0.1, 0.15) is 0 Å². The predicted molar refractivity (Wildman–Crippen MR) is 164 cm³/mol. The normalized spacial score (nSPS) is 16.1. The van der Waals surface area contributed by atoms with Crippen molar-refractivity contribution in [2.24, 2.45) is 4.99 Å². The average Bonchev–Trinajstić information content (AvgIpc) is 3.59. The van der Waals surface area contributed by atoms with E-state index in [-0.39, 0.29) is 24.7 Å². The van der Waals surface area contributed by atoms with E-state index in [0.717, 1.165) is 56.2 Å². The van der Waals surface area contributed by atoms with Crippen molar-refractivity contribution >= 4 is 35.5 Å². The molecular weight excluding hydrogens is 548 g/mol. The van der Waals surface area contributed by atoms with Gasteiger partial charge in [-0.2, -0.15) is 0 Å². The highest BCUT2D eigenvalue weighted by molar-refractivity contribution is 6.19. The highest BCUT2D eigenvalue weighted by atomic mass is 16.4. The Hall–Kier alpha value is -4.47. The summed E-state index contributed by atoms with van der Waals surface area (Å²) in [5.74, 6) is -2.14. The quantitative estimate of drug-likeness (QED) is 0.220. The molecule has 228 valence electrons. The van der Waals surface area contributed by atoms with Crippen LogP contribution in [-0.2, 0) is 44.9 Å². The molecule has 0 atom stereocenters. The van der Waals surface area contributed by atoms with E-state index in [1.54, 1.807) is 13.8 Å². The molecule has 0 aliphatic carbocycles. The summed E-state index contributed by atoms with van der Waals surface area (Å²) in [6.07, 6.45) is 4.74. The van der Waals surface area contributed by atoms with Gasteiger partial charge in [0, 0.05) is 65.3 Å². The summed E-state index contributed by atoms with van der Waals surface area (Å²) in [5, 5.41) is 21.8. The van der Waals surface area contributed by atoms with E-state index in [1.807, 2.05) is 33.8 Å². The second-order valence-corrected chi connectivity index (χ2v) is 11.2. The van der Waals surface area contributed by atoms with Crippen LogP contribution in [0.3, 0.4) is 0 Å². The van der Waals surface area contributed by atoms with Crippen LogP contribution in [0.15, 0.2) is 33.0 Å². The molecule has 0 radical (unpaired) electrons. The number of aromatic nitrogens is 2. The number of aliphatic imine (C=N–C) groups is 1. The van der Waals surface area contributed by atoms with Crippen LogP contribution >= 0.6 is 0 Å². The molecule has 2 aliphatic heterocycles. The standard InChI is InChI=1S/C33H40N4O6/c1-7-20-18(5)32(42)36-26(20)14-28-22(9-11-30(38)39)16(3)24(34-28)13-25-17(4)23(10-12-31(40)41)29(35-25)15-27-21(8-2)19(6)33(43)37-27/h14,34-35H,7-13,15H2,1-6H3,(H,36,42)(H,38,39)(H,40,41)/b26-14-. The second-order valence-electron chi connectivity index (χ2n) is 11.2. The lowest BCUT2D eigenvalue weighted by Gasteiger charge is -2.07. The number of H-pyrrole nitrogens is 2. The number of hydrogen-bond acceptors (Lipinski definition) is 4. The molecule has 0 bridgehead atoms. The summed E-state index contributed by atoms with van der Waals surface area (Å²) < 4.78 is 0. The van der Waals surface area contributed by atoms with Gasteiger partial charge in [0.05, 0.1) is 5.71 Å². The van der Waals surface area contributed by atoms with Crippen molar-refractivity contribution in [3.63, 3.8) is 0 Å². The molecule has 10 nitrogen and oxygen atoms in total. The molecule has 5 N–H and O–H groups in total. The van der Waals surface area contributed by atoms with Crippen LogP contribution in [0.5, 0.6) is 0 Å². The Labute approximate surface area is 251 Å². The van der Waals surface area contributed by atoms with Gasteiger partial charge in [0.2, 0.25) is 0 Å². The van der Waals surface area contributed by atoms with Gasteiger partial charge in [-0.3, -0.25) is 19.2 Å². The van der Waals surface area contributed by atoms with E-state index in [2.05, 4.69) is 20.3 Å². The van der Waals surface area contributed by atoms with Crippen molar-refractivity contribution in [1.29, 1.82) is 0 Å². The molecule has 0 saturated heterocycles. The second kappa shape index (κ2) is 12.8. The number of carboxylic acids is 2. The number of aromatic amines is 2. The zero-order chi connectivity index (χ0) is 31.6. The number of aliphatic carboxylic acids is 2. The summed E-state index contributed by atoms with van der Waals surface area (Å²) in [7, 11) is 0. The molecule has 2 amide bonds. The first kappa shape index (κ1) is 31.5. The van der Waals surface area contributed by atoms with Crippen molar-refractivity contribution in [2.75, 3.05) is 0 Å². The Bertz CT molecular complexity index is 1640. The minimum atomic E-state index is -0.892. The smallest absolute Gasteiger partial charge is 0.303 e. The summed E-state index contributed by atoms with van der Waals surface area (Å²) in [5.41, 5.74) is 11.7. The first-order valence-corrected chi connectivity index (χ1v) is 14.7. The minimum absolute atomic E-state index is 0.0248. The van der Waals surface area contributed by atoms with Gasteiger partial charge < -0.3 is 25.5 Å². The van der Waals surface area contributed by atoms with Crippen LogP contribution in [-0.4, -0.2) is 49.6 Å². The molecule has 0 aromatic carbocycles. The molecular formula is C33H40N4O6. The molecule has 0 saturated carbocycles. The van der Waals surface area contributed by atoms with Crippen LogP contribution in [0.2, 0.25) is 0 Å². The Morgan fingerprint density at radius 1 is 0.767 bits per heavy atom. The Kier molecular flexibility index (Phi) is 9.37. The molecule has 0 unspecified atom stereocenters. The van der Waals surface area contributed by atoms with Gasteiger partial charge in [-0.1, -0.05) is 13.8 Å². The van der Waals surface area contributed by atoms with Crippen molar-refractivity contribution in [2.45, 2.75) is 92.9 Å². The largest absolute Gasteiger partial charge is 0.481 e. The van der Waals surface area contributed by atoms with Crippen LogP contribution < -0.4 is 5.32 Å². The fourth-order valence-corrected chi connectivity index (χ4v) is 6.16. The molecule has 0 spiro atoms. The number of nitrogens with one attached hydrogen (secondary N) is 3. The van der Waals surface area contributed by atoms with E-state index in [0.29, 0.717) is 61.1 Å². The van der Waals surface area contributed by atoms with Gasteiger partial charge in [0.25, 0.3) is 11.8 Å². The van der Waals surface area contributed by atoms with E-state index in [1.165, 1.54) is 0 Å². The lowest BCUT2D eigenvalue weighted by Crippen LogP contribution is -2.15. The van der Waals surface area contributed by atoms with E-state index in [9.17, 15) is 29.4 Å². The van der Waals surface area contributed by atoms with Crippen molar-refractivity contribution in [3.05, 3.63) is 73.0 Å². The topological polar surface area (TPSA) is 165 Å². The molecule has 10 heteroatoms. The van der Waals surface area contributed by atoms with Gasteiger partial charge in [-0.25, -0.2) is 4.99 Å². The van der Waals surface area contributed by atoms with Gasteiger partial charge >= 0.3 is 11.9 Å². The van der Waals surface area contributed by atoms with Gasteiger partial charge in [-0.15, -0.1) is 0 Å². The van der Waals surface area contributed by atoms with Crippen molar-refractivity contribution < 1.29 is 29.4 Å². The number of hydrogen-bond donors (Lipinski definition) is 5. The molecule has 0 fully saturated rings. The number of carboxylic acid groups (broad SMARTS) is 2. The van der Waals surface area contributed by atoms with E-state index in [4.69, 9.17) is 0 Å². The zero-order valence-electron chi connectivity index (χ0n) is 25.7. The molecule has 4 rings (SSSR count). The lowest BCUT2D eigenvalue weighted by atomic mass is 9.96. The Balaban J connectivity index is 1.75. The minimum Gasteiger partial charge on any atom is -0.481 e. The summed E-state index contributed by atoms with van der Waals surface area (Å²) in [4.78, 5) is 58.9. The number of nitrogens with zero attached hydrogens (tertiary/aromatic N) is 1. The maximum atomic E-state index is 12.4.